The van der Waals surface area contributed by atoms with Gasteiger partial charge in [0.25, 0.3) is 5.95 Å². The van der Waals surface area contributed by atoms with Crippen molar-refractivity contribution in [2.45, 2.75) is 6.42 Å². The van der Waals surface area contributed by atoms with Crippen LogP contribution in [0.15, 0.2) is 48.7 Å². The van der Waals surface area contributed by atoms with Crippen molar-refractivity contribution < 1.29 is 4.39 Å². The van der Waals surface area contributed by atoms with Gasteiger partial charge in [-0.15, -0.1) is 5.10 Å². The molecule has 0 aliphatic carbocycles. The van der Waals surface area contributed by atoms with Crippen LogP contribution in [0.1, 0.15) is 5.56 Å². The lowest BCUT2D eigenvalue weighted by Gasteiger charge is -2.17. The van der Waals surface area contributed by atoms with Crippen LogP contribution in [0.2, 0.25) is 5.02 Å². The summed E-state index contributed by atoms with van der Waals surface area (Å²) in [5.74, 6) is 0.586. The normalized spacial score (nSPS) is 13.0. The number of halogens is 2. The van der Waals surface area contributed by atoms with Gasteiger partial charge in [0, 0.05) is 17.9 Å². The monoisotopic (exact) mass is 341 g/mol. The summed E-state index contributed by atoms with van der Waals surface area (Å²) in [6.07, 6.45) is 2.47. The van der Waals surface area contributed by atoms with Gasteiger partial charge in [0.15, 0.2) is 5.82 Å². The van der Waals surface area contributed by atoms with Crippen molar-refractivity contribution in [3.63, 3.8) is 0 Å². The highest BCUT2D eigenvalue weighted by atomic mass is 35.5. The number of hydrogen-bond donors (Lipinski definition) is 1. The molecule has 24 heavy (non-hydrogen) atoms. The molecule has 2 heterocycles. The van der Waals surface area contributed by atoms with Crippen molar-refractivity contribution >= 4 is 34.7 Å². The van der Waals surface area contributed by atoms with Crippen LogP contribution in [0.5, 0.6) is 0 Å². The molecule has 120 valence electrons. The predicted molar refractivity (Wildman–Crippen MR) is 91.7 cm³/mol. The molecule has 1 aliphatic rings. The second-order valence-corrected chi connectivity index (χ2v) is 5.83. The van der Waals surface area contributed by atoms with Crippen LogP contribution in [0.25, 0.3) is 0 Å². The van der Waals surface area contributed by atoms with Crippen molar-refractivity contribution in [1.29, 1.82) is 0 Å². The summed E-state index contributed by atoms with van der Waals surface area (Å²) in [4.78, 5) is 6.54. The molecular weight excluding hydrogens is 329 g/mol. The van der Waals surface area contributed by atoms with E-state index in [0.717, 1.165) is 18.7 Å². The van der Waals surface area contributed by atoms with Crippen LogP contribution in [0, 0.1) is 5.82 Å². The van der Waals surface area contributed by atoms with Crippen molar-refractivity contribution in [3.8, 4) is 0 Å². The summed E-state index contributed by atoms with van der Waals surface area (Å²) in [6.45, 7) is 0.812. The van der Waals surface area contributed by atoms with E-state index in [-0.39, 0.29) is 5.02 Å². The molecule has 0 amide bonds. The Labute approximate surface area is 143 Å². The SMILES string of the molecule is Fc1ccc(Nc2cnnc(N3CCc4ccccc43)n2)cc1Cl. The molecule has 0 unspecified atom stereocenters. The third-order valence-electron chi connectivity index (χ3n) is 3.87. The quantitative estimate of drug-likeness (QED) is 0.777. The van der Waals surface area contributed by atoms with E-state index in [1.165, 1.54) is 23.9 Å². The minimum Gasteiger partial charge on any atom is -0.339 e. The molecule has 4 rings (SSSR count). The molecule has 1 aromatic heterocycles. The van der Waals surface area contributed by atoms with E-state index >= 15 is 0 Å². The van der Waals surface area contributed by atoms with E-state index in [1.807, 2.05) is 23.1 Å². The zero-order chi connectivity index (χ0) is 16.5. The highest BCUT2D eigenvalue weighted by Crippen LogP contribution is 2.32. The third kappa shape index (κ3) is 2.76. The number of fused-ring (bicyclic) bond motifs is 1. The average Bonchev–Trinajstić information content (AvgIpc) is 3.03. The highest BCUT2D eigenvalue weighted by molar-refractivity contribution is 6.31. The number of nitrogens with zero attached hydrogens (tertiary/aromatic N) is 4. The molecular formula is C17H13ClFN5. The number of rotatable bonds is 3. The molecule has 0 saturated carbocycles. The first kappa shape index (κ1) is 14.8. The largest absolute Gasteiger partial charge is 0.339 e. The summed E-state index contributed by atoms with van der Waals surface area (Å²) in [6, 6.07) is 12.6. The Balaban J connectivity index is 1.61. The number of nitrogens with one attached hydrogen (secondary N) is 1. The maximum Gasteiger partial charge on any atom is 0.251 e. The first-order valence-corrected chi connectivity index (χ1v) is 7.86. The van der Waals surface area contributed by atoms with Crippen LogP contribution in [-0.4, -0.2) is 21.7 Å². The Hall–Kier alpha value is -2.73. The maximum atomic E-state index is 13.2. The number of aromatic nitrogens is 3. The lowest BCUT2D eigenvalue weighted by atomic mass is 10.2. The van der Waals surface area contributed by atoms with Crippen LogP contribution in [0.4, 0.5) is 27.5 Å². The van der Waals surface area contributed by atoms with Gasteiger partial charge >= 0.3 is 0 Å². The van der Waals surface area contributed by atoms with Gasteiger partial charge in [-0.05, 0) is 36.2 Å². The molecule has 1 N–H and O–H groups in total. The first-order chi connectivity index (χ1) is 11.7. The van der Waals surface area contributed by atoms with Crippen molar-refractivity contribution in [3.05, 3.63) is 65.1 Å². The van der Waals surface area contributed by atoms with Gasteiger partial charge in [0.2, 0.25) is 0 Å². The molecule has 0 fully saturated rings. The van der Waals surface area contributed by atoms with Gasteiger partial charge in [-0.3, -0.25) is 0 Å². The number of hydrogen-bond acceptors (Lipinski definition) is 5. The maximum absolute atomic E-state index is 13.2. The number of para-hydroxylation sites is 1. The van der Waals surface area contributed by atoms with Crippen LogP contribution >= 0.6 is 11.6 Å². The smallest absolute Gasteiger partial charge is 0.251 e. The fourth-order valence-electron chi connectivity index (χ4n) is 2.74. The third-order valence-corrected chi connectivity index (χ3v) is 4.16. The van der Waals surface area contributed by atoms with Crippen LogP contribution in [-0.2, 0) is 6.42 Å². The Morgan fingerprint density at radius 1 is 1.17 bits per heavy atom. The van der Waals surface area contributed by atoms with Gasteiger partial charge in [-0.2, -0.15) is 10.1 Å². The van der Waals surface area contributed by atoms with Crippen LogP contribution < -0.4 is 10.2 Å². The van der Waals surface area contributed by atoms with E-state index in [0.29, 0.717) is 17.5 Å². The fraction of sp³-hybridized carbons (Fsp3) is 0.118. The van der Waals surface area contributed by atoms with Gasteiger partial charge in [-0.1, -0.05) is 29.8 Å². The Kier molecular flexibility index (Phi) is 3.74. The minimum absolute atomic E-state index is 0.0516. The van der Waals surface area contributed by atoms with Crippen molar-refractivity contribution in [2.75, 3.05) is 16.8 Å². The van der Waals surface area contributed by atoms with Crippen molar-refractivity contribution in [1.82, 2.24) is 15.2 Å². The lowest BCUT2D eigenvalue weighted by Crippen LogP contribution is -2.17. The van der Waals surface area contributed by atoms with E-state index in [4.69, 9.17) is 11.6 Å². The molecule has 2 aromatic carbocycles. The second-order valence-electron chi connectivity index (χ2n) is 5.43. The van der Waals surface area contributed by atoms with Gasteiger partial charge in [0.05, 0.1) is 11.2 Å². The number of benzene rings is 2. The molecule has 0 spiro atoms. The molecule has 5 nitrogen and oxygen atoms in total. The molecule has 0 radical (unpaired) electrons. The Morgan fingerprint density at radius 2 is 2.04 bits per heavy atom. The molecule has 0 saturated heterocycles. The topological polar surface area (TPSA) is 53.9 Å². The highest BCUT2D eigenvalue weighted by Gasteiger charge is 2.22. The molecule has 7 heteroatoms. The van der Waals surface area contributed by atoms with Crippen molar-refractivity contribution in [2.24, 2.45) is 0 Å². The average molecular weight is 342 g/mol. The van der Waals surface area contributed by atoms with E-state index < -0.39 is 5.82 Å². The lowest BCUT2D eigenvalue weighted by molar-refractivity contribution is 0.628. The molecule has 1 aliphatic heterocycles. The first-order valence-electron chi connectivity index (χ1n) is 7.48. The van der Waals surface area contributed by atoms with E-state index in [9.17, 15) is 4.39 Å². The zero-order valence-electron chi connectivity index (χ0n) is 12.6. The van der Waals surface area contributed by atoms with E-state index in [1.54, 1.807) is 6.07 Å². The Morgan fingerprint density at radius 3 is 2.92 bits per heavy atom. The minimum atomic E-state index is -0.461. The van der Waals surface area contributed by atoms with Gasteiger partial charge in [0.1, 0.15) is 5.82 Å². The summed E-state index contributed by atoms with van der Waals surface area (Å²) in [7, 11) is 0. The van der Waals surface area contributed by atoms with Crippen LogP contribution in [0.3, 0.4) is 0 Å². The molecule has 0 atom stereocenters. The molecule has 0 bridgehead atoms. The Bertz CT molecular complexity index is 902. The zero-order valence-corrected chi connectivity index (χ0v) is 13.3. The fourth-order valence-corrected chi connectivity index (χ4v) is 2.92. The standard InChI is InChI=1S/C17H13ClFN5/c18-13-9-12(5-6-14(13)19)21-16-10-20-23-17(22-16)24-8-7-11-3-1-2-4-15(11)24/h1-6,9-10H,7-8H2,(H,21,22,23). The summed E-state index contributed by atoms with van der Waals surface area (Å²) >= 11 is 5.80. The van der Waals surface area contributed by atoms with Gasteiger partial charge in [-0.25, -0.2) is 4.39 Å². The summed E-state index contributed by atoms with van der Waals surface area (Å²) in [5, 5.41) is 11.3. The summed E-state index contributed by atoms with van der Waals surface area (Å²) < 4.78 is 13.2. The summed E-state index contributed by atoms with van der Waals surface area (Å²) in [5.41, 5.74) is 3.00. The van der Waals surface area contributed by atoms with E-state index in [2.05, 4.69) is 26.6 Å². The second kappa shape index (κ2) is 6.05. The molecule has 3 aromatic rings. The number of anilines is 4. The predicted octanol–water partition coefficient (Wildman–Crippen LogP) is 4.10. The van der Waals surface area contributed by atoms with Gasteiger partial charge < -0.3 is 10.2 Å².